The van der Waals surface area contributed by atoms with E-state index in [1.165, 1.54) is 0 Å². The van der Waals surface area contributed by atoms with Crippen molar-refractivity contribution >= 4 is 18.6 Å². The van der Waals surface area contributed by atoms with Gasteiger partial charge in [0.05, 0.1) is 5.25 Å². The first-order chi connectivity index (χ1) is 6.13. The minimum atomic E-state index is -1.04. The third-order valence-electron chi connectivity index (χ3n) is 1.77. The van der Waals surface area contributed by atoms with E-state index in [0.29, 0.717) is 0 Å². The summed E-state index contributed by atoms with van der Waals surface area (Å²) in [5.41, 5.74) is 6.24. The molecule has 0 aliphatic rings. The van der Waals surface area contributed by atoms with E-state index in [2.05, 4.69) is 12.6 Å². The van der Waals surface area contributed by atoms with Crippen LogP contribution in [-0.4, -0.2) is 17.1 Å². The van der Waals surface area contributed by atoms with Gasteiger partial charge in [-0.15, -0.1) is 0 Å². The molecule has 0 heterocycles. The number of carbonyl (C=O) groups is 1. The van der Waals surface area contributed by atoms with Crippen LogP contribution in [0.25, 0.3) is 0 Å². The molecule has 2 atom stereocenters. The van der Waals surface area contributed by atoms with Gasteiger partial charge in [-0.3, -0.25) is 4.79 Å². The lowest BCUT2D eigenvalue weighted by atomic mass is 10.1. The van der Waals surface area contributed by atoms with Crippen molar-refractivity contribution in [2.45, 2.75) is 11.3 Å². The Labute approximate surface area is 82.0 Å². The molecule has 3 N–H and O–H groups in total. The SMILES string of the molecule is N[C@H](C(=O)O)[C@H](S)c1ccccc1. The predicted molar refractivity (Wildman–Crippen MR) is 53.8 cm³/mol. The Morgan fingerprint density at radius 2 is 1.92 bits per heavy atom. The first-order valence-electron chi connectivity index (χ1n) is 3.84. The van der Waals surface area contributed by atoms with E-state index >= 15 is 0 Å². The van der Waals surface area contributed by atoms with Crippen LogP contribution in [0.4, 0.5) is 0 Å². The van der Waals surface area contributed by atoms with E-state index in [9.17, 15) is 4.79 Å². The molecule has 0 fully saturated rings. The minimum Gasteiger partial charge on any atom is -0.480 e. The average molecular weight is 197 g/mol. The fourth-order valence-corrected chi connectivity index (χ4v) is 1.29. The third kappa shape index (κ3) is 2.47. The number of nitrogens with two attached hydrogens (primary N) is 1. The molecular formula is C9H11NO2S. The highest BCUT2D eigenvalue weighted by Gasteiger charge is 2.21. The van der Waals surface area contributed by atoms with Gasteiger partial charge in [0.25, 0.3) is 0 Å². The maximum Gasteiger partial charge on any atom is 0.321 e. The number of aliphatic carboxylic acids is 1. The highest BCUT2D eigenvalue weighted by atomic mass is 32.1. The summed E-state index contributed by atoms with van der Waals surface area (Å²) >= 11 is 4.15. The summed E-state index contributed by atoms with van der Waals surface area (Å²) in [5.74, 6) is -1.04. The van der Waals surface area contributed by atoms with Gasteiger partial charge in [0.15, 0.2) is 0 Å². The maximum absolute atomic E-state index is 10.5. The molecule has 0 aromatic heterocycles. The second-order valence-electron chi connectivity index (χ2n) is 2.72. The second-order valence-corrected chi connectivity index (χ2v) is 3.28. The molecule has 1 rings (SSSR count). The number of carboxylic acid groups (broad SMARTS) is 1. The van der Waals surface area contributed by atoms with Crippen molar-refractivity contribution in [1.29, 1.82) is 0 Å². The van der Waals surface area contributed by atoms with Crippen LogP contribution in [0.15, 0.2) is 30.3 Å². The van der Waals surface area contributed by atoms with Gasteiger partial charge in [0.1, 0.15) is 6.04 Å². The minimum absolute atomic E-state index is 0.460. The molecule has 0 unspecified atom stereocenters. The van der Waals surface area contributed by atoms with Gasteiger partial charge >= 0.3 is 5.97 Å². The van der Waals surface area contributed by atoms with Crippen molar-refractivity contribution in [3.63, 3.8) is 0 Å². The fourth-order valence-electron chi connectivity index (χ4n) is 0.993. The number of hydrogen-bond donors (Lipinski definition) is 3. The Morgan fingerprint density at radius 1 is 1.38 bits per heavy atom. The summed E-state index contributed by atoms with van der Waals surface area (Å²) in [6.45, 7) is 0. The van der Waals surface area contributed by atoms with Gasteiger partial charge in [0.2, 0.25) is 0 Å². The zero-order valence-corrected chi connectivity index (χ0v) is 7.82. The lowest BCUT2D eigenvalue weighted by Gasteiger charge is -2.14. The van der Waals surface area contributed by atoms with Crippen molar-refractivity contribution in [2.75, 3.05) is 0 Å². The maximum atomic E-state index is 10.5. The number of benzene rings is 1. The van der Waals surface area contributed by atoms with Crippen molar-refractivity contribution in [2.24, 2.45) is 5.73 Å². The smallest absolute Gasteiger partial charge is 0.321 e. The third-order valence-corrected chi connectivity index (χ3v) is 2.39. The van der Waals surface area contributed by atoms with Crippen LogP contribution in [0.3, 0.4) is 0 Å². The standard InChI is InChI=1S/C9H11NO2S/c10-7(9(11)12)8(13)6-4-2-1-3-5-6/h1-5,7-8,13H,10H2,(H,11,12)/t7-,8+/m0/s1. The molecule has 0 aliphatic carbocycles. The normalized spacial score (nSPS) is 14.9. The van der Waals surface area contributed by atoms with Crippen LogP contribution >= 0.6 is 12.6 Å². The number of carboxylic acids is 1. The molecule has 0 saturated heterocycles. The van der Waals surface area contributed by atoms with E-state index in [1.807, 2.05) is 18.2 Å². The topological polar surface area (TPSA) is 63.3 Å². The highest BCUT2D eigenvalue weighted by molar-refractivity contribution is 7.80. The Kier molecular flexibility index (Phi) is 3.33. The molecule has 0 saturated carbocycles. The van der Waals surface area contributed by atoms with Crippen LogP contribution < -0.4 is 5.73 Å². The molecular weight excluding hydrogens is 186 g/mol. The fraction of sp³-hybridized carbons (Fsp3) is 0.222. The molecule has 0 bridgehead atoms. The van der Waals surface area contributed by atoms with Gasteiger partial charge < -0.3 is 10.8 Å². The van der Waals surface area contributed by atoms with Crippen molar-refractivity contribution in [3.8, 4) is 0 Å². The monoisotopic (exact) mass is 197 g/mol. The molecule has 1 aromatic rings. The van der Waals surface area contributed by atoms with E-state index in [0.717, 1.165) is 5.56 Å². The molecule has 4 heteroatoms. The summed E-state index contributed by atoms with van der Waals surface area (Å²) in [7, 11) is 0. The van der Waals surface area contributed by atoms with E-state index in [1.54, 1.807) is 12.1 Å². The first-order valence-corrected chi connectivity index (χ1v) is 4.36. The second kappa shape index (κ2) is 4.30. The van der Waals surface area contributed by atoms with Crippen molar-refractivity contribution in [3.05, 3.63) is 35.9 Å². The Morgan fingerprint density at radius 3 is 2.38 bits per heavy atom. The van der Waals surface area contributed by atoms with Crippen LogP contribution in [0.1, 0.15) is 10.8 Å². The molecule has 0 amide bonds. The van der Waals surface area contributed by atoms with E-state index < -0.39 is 17.3 Å². The molecule has 1 aromatic carbocycles. The molecule has 0 spiro atoms. The van der Waals surface area contributed by atoms with Crippen LogP contribution in [0.5, 0.6) is 0 Å². The summed E-state index contributed by atoms with van der Waals surface area (Å²) in [6, 6.07) is 8.16. The summed E-state index contributed by atoms with van der Waals surface area (Å²) in [6.07, 6.45) is 0. The zero-order valence-electron chi connectivity index (χ0n) is 6.92. The van der Waals surface area contributed by atoms with Crippen LogP contribution in [0, 0.1) is 0 Å². The van der Waals surface area contributed by atoms with Gasteiger partial charge in [-0.05, 0) is 5.56 Å². The summed E-state index contributed by atoms with van der Waals surface area (Å²) < 4.78 is 0. The zero-order chi connectivity index (χ0) is 9.84. The van der Waals surface area contributed by atoms with Gasteiger partial charge in [-0.2, -0.15) is 12.6 Å². The van der Waals surface area contributed by atoms with E-state index in [-0.39, 0.29) is 0 Å². The van der Waals surface area contributed by atoms with Gasteiger partial charge in [0, 0.05) is 0 Å². The van der Waals surface area contributed by atoms with Gasteiger partial charge in [-0.25, -0.2) is 0 Å². The Bertz CT molecular complexity index is 289. The molecule has 70 valence electrons. The molecule has 0 aliphatic heterocycles. The number of hydrogen-bond acceptors (Lipinski definition) is 3. The highest BCUT2D eigenvalue weighted by Crippen LogP contribution is 2.22. The number of thiol groups is 1. The first kappa shape index (κ1) is 10.1. The van der Waals surface area contributed by atoms with E-state index in [4.69, 9.17) is 10.8 Å². The lowest BCUT2D eigenvalue weighted by Crippen LogP contribution is -2.34. The van der Waals surface area contributed by atoms with Crippen molar-refractivity contribution < 1.29 is 9.90 Å². The largest absolute Gasteiger partial charge is 0.480 e. The molecule has 0 radical (unpaired) electrons. The Balaban J connectivity index is 2.79. The summed E-state index contributed by atoms with van der Waals surface area (Å²) in [5, 5.41) is 8.18. The molecule has 3 nitrogen and oxygen atoms in total. The van der Waals surface area contributed by atoms with Crippen LogP contribution in [0.2, 0.25) is 0 Å². The summed E-state index contributed by atoms with van der Waals surface area (Å²) in [4.78, 5) is 10.5. The molecule has 13 heavy (non-hydrogen) atoms. The quantitative estimate of drug-likeness (QED) is 0.635. The number of rotatable bonds is 3. The van der Waals surface area contributed by atoms with Crippen LogP contribution in [-0.2, 0) is 4.79 Å². The average Bonchev–Trinajstić information content (AvgIpc) is 2.17. The Hall–Kier alpha value is -1.00. The van der Waals surface area contributed by atoms with Gasteiger partial charge in [-0.1, -0.05) is 30.3 Å². The predicted octanol–water partition coefficient (Wildman–Crippen LogP) is 1.07. The van der Waals surface area contributed by atoms with Crippen molar-refractivity contribution in [1.82, 2.24) is 0 Å². The lowest BCUT2D eigenvalue weighted by molar-refractivity contribution is -0.138.